The minimum absolute atomic E-state index is 0. The molecule has 9 heteroatoms. The van der Waals surface area contributed by atoms with Gasteiger partial charge < -0.3 is 0 Å². The van der Waals surface area contributed by atoms with E-state index in [-0.39, 0.29) is 138 Å². The summed E-state index contributed by atoms with van der Waals surface area (Å²) in [6.45, 7) is 0. The van der Waals surface area contributed by atoms with Gasteiger partial charge in [0.1, 0.15) is 0 Å². The average Bonchev–Trinajstić information content (AvgIpc) is 0.592. The second-order valence-electron chi connectivity index (χ2n) is 0.678. The molecule has 0 aliphatic heterocycles. The molecule has 0 aromatic rings. The fourth-order valence-electron chi connectivity index (χ4n) is 0. The number of rotatable bonds is 0. The fraction of sp³-hybridized carbons (Fsp3) is 0. The van der Waals surface area contributed by atoms with Crippen LogP contribution in [-0.2, 0) is 13.0 Å². The standard InChI is InChI=1S/2Cs.6FH.Ni/h;;6*1H;/q2*+1;;;;;;;+4/p-6. The molecule has 0 saturated carbocycles. The Balaban J connectivity index is -0.000000180. The first kappa shape index (κ1) is 18.9. The Morgan fingerprint density at radius 2 is 0.556 bits per heavy atom. The van der Waals surface area contributed by atoms with Crippen molar-refractivity contribution in [3.05, 3.63) is 0 Å². The molecule has 0 aliphatic carbocycles. The van der Waals surface area contributed by atoms with Gasteiger partial charge in [0.05, 0.1) is 0 Å². The third kappa shape index (κ3) is 72.3. The Morgan fingerprint density at radius 1 is 0.556 bits per heavy atom. The number of hydrogen-bond donors (Lipinski definition) is 0. The number of hydrogen-bond acceptors (Lipinski definition) is 0. The SMILES string of the molecule is [Cs+].[Cs+].[F][Ni-2]([F])([F])([F])([F])[F]. The van der Waals surface area contributed by atoms with Gasteiger partial charge in [0.2, 0.25) is 0 Å². The van der Waals surface area contributed by atoms with Gasteiger partial charge in [-0.05, 0) is 0 Å². The van der Waals surface area contributed by atoms with E-state index in [4.69, 9.17) is 0 Å². The summed E-state index contributed by atoms with van der Waals surface area (Å²) in [5, 5.41) is 0. The molecule has 0 radical (unpaired) electrons. The minimum atomic E-state index is -10.5. The van der Waals surface area contributed by atoms with Crippen LogP contribution >= 0.6 is 0 Å². The van der Waals surface area contributed by atoms with E-state index in [9.17, 15) is 21.6 Å². The predicted molar refractivity (Wildman–Crippen MR) is 6.65 cm³/mol. The fourth-order valence-corrected chi connectivity index (χ4v) is 0. The van der Waals surface area contributed by atoms with Gasteiger partial charge in [-0.2, -0.15) is 0 Å². The normalized spacial score (nSPS) is 18.0. The van der Waals surface area contributed by atoms with Crippen molar-refractivity contribution in [3.8, 4) is 0 Å². The summed E-state index contributed by atoms with van der Waals surface area (Å²) in [5.41, 5.74) is 0. The third-order valence-electron chi connectivity index (χ3n) is 0. The Bertz CT molecular complexity index is 69.6. The van der Waals surface area contributed by atoms with E-state index in [1.807, 2.05) is 0 Å². The van der Waals surface area contributed by atoms with Crippen LogP contribution in [0.5, 0.6) is 0 Å². The van der Waals surface area contributed by atoms with Gasteiger partial charge in [0.25, 0.3) is 0 Å². The van der Waals surface area contributed by atoms with Gasteiger partial charge in [0.15, 0.2) is 0 Å². The monoisotopic (exact) mass is 438 g/mol. The van der Waals surface area contributed by atoms with Crippen molar-refractivity contribution in [2.45, 2.75) is 0 Å². The molecule has 0 unspecified atom stereocenters. The molecule has 9 heavy (non-hydrogen) atoms. The molecule has 0 rings (SSSR count). The van der Waals surface area contributed by atoms with E-state index in [0.29, 0.717) is 0 Å². The van der Waals surface area contributed by atoms with E-state index in [0.717, 1.165) is 0 Å². The molecule has 0 saturated heterocycles. The first-order valence-corrected chi connectivity index (χ1v) is 2.96. The zero-order valence-electron chi connectivity index (χ0n) is 4.58. The molecule has 0 bridgehead atoms. The first-order chi connectivity index (χ1) is 2.45. The average molecular weight is 438 g/mol. The predicted octanol–water partition coefficient (Wildman–Crippen LogP) is -3.47. The van der Waals surface area contributed by atoms with Crippen LogP contribution in [0.25, 0.3) is 0 Å². The summed E-state index contributed by atoms with van der Waals surface area (Å²) in [6, 6.07) is 0. The molecular weight excluding hydrogens is 438 g/mol. The third-order valence-corrected chi connectivity index (χ3v) is 0. The van der Waals surface area contributed by atoms with Gasteiger partial charge in [-0.3, -0.25) is 0 Å². The van der Waals surface area contributed by atoms with Crippen molar-refractivity contribution in [1.29, 1.82) is 0 Å². The van der Waals surface area contributed by atoms with Crippen molar-refractivity contribution in [2.24, 2.45) is 0 Å². The topological polar surface area (TPSA) is 0 Å². The Morgan fingerprint density at radius 3 is 0.556 bits per heavy atom. The van der Waals surface area contributed by atoms with E-state index < -0.39 is 13.0 Å². The van der Waals surface area contributed by atoms with Crippen LogP contribution in [0.2, 0.25) is 0 Å². The van der Waals surface area contributed by atoms with Gasteiger partial charge >= 0.3 is 172 Å². The quantitative estimate of drug-likeness (QED) is 0.273. The number of halogens is 6. The summed E-state index contributed by atoms with van der Waals surface area (Å²) in [5.74, 6) is 0. The first-order valence-electron chi connectivity index (χ1n) is 0.717. The van der Waals surface area contributed by atoms with E-state index in [2.05, 4.69) is 0 Å². The van der Waals surface area contributed by atoms with Crippen LogP contribution in [-0.4, -0.2) is 0 Å². The van der Waals surface area contributed by atoms with Crippen molar-refractivity contribution < 1.29 is 172 Å². The zero-order chi connectivity index (χ0) is 6.41. The second-order valence-corrected chi connectivity index (χ2v) is 2.79. The van der Waals surface area contributed by atoms with Gasteiger partial charge in [-0.25, -0.2) is 0 Å². The summed E-state index contributed by atoms with van der Waals surface area (Å²) in [4.78, 5) is 0. The van der Waals surface area contributed by atoms with Crippen LogP contribution in [0.1, 0.15) is 0 Å². The van der Waals surface area contributed by atoms with Crippen LogP contribution in [0, 0.1) is 0 Å². The summed E-state index contributed by atoms with van der Waals surface area (Å²) in [7, 11) is 0. The van der Waals surface area contributed by atoms with E-state index in [1.54, 1.807) is 0 Å². The summed E-state index contributed by atoms with van der Waals surface area (Å²) >= 11 is -10.5. The van der Waals surface area contributed by atoms with Gasteiger partial charge in [-0.1, -0.05) is 0 Å². The van der Waals surface area contributed by atoms with E-state index in [1.165, 1.54) is 0 Å². The van der Waals surface area contributed by atoms with E-state index >= 15 is 0 Å². The molecule has 0 amide bonds. The van der Waals surface area contributed by atoms with Crippen LogP contribution < -0.4 is 138 Å². The van der Waals surface area contributed by atoms with Crippen molar-refractivity contribution >= 4 is 0 Å². The molecule has 0 aromatic heterocycles. The summed E-state index contributed by atoms with van der Waals surface area (Å²) in [6.07, 6.45) is 0. The summed E-state index contributed by atoms with van der Waals surface area (Å²) < 4.78 is 59.1. The zero-order valence-corrected chi connectivity index (χ0v) is 18.1. The molecule has 0 fully saturated rings. The Hall–Kier alpha value is 4.18. The van der Waals surface area contributed by atoms with Crippen LogP contribution in [0.3, 0.4) is 0 Å². The molecular formula is Cs2F6Ni. The molecule has 54 valence electrons. The molecule has 0 spiro atoms. The molecule has 0 aromatic carbocycles. The maximum absolute atomic E-state index is 10.5. The van der Waals surface area contributed by atoms with Gasteiger partial charge in [0, 0.05) is 0 Å². The van der Waals surface area contributed by atoms with Crippen molar-refractivity contribution in [2.75, 3.05) is 0 Å². The maximum atomic E-state index is 9.85. The van der Waals surface area contributed by atoms with Crippen molar-refractivity contribution in [3.63, 3.8) is 0 Å². The van der Waals surface area contributed by atoms with Crippen LogP contribution in [0.4, 0.5) is 21.6 Å². The van der Waals surface area contributed by atoms with Crippen LogP contribution in [0.15, 0.2) is 0 Å². The molecule has 0 nitrogen and oxygen atoms in total. The molecule has 0 aliphatic rings. The second kappa shape index (κ2) is 4.14. The Kier molecular flexibility index (Phi) is 8.67. The molecule has 0 atom stereocenters. The van der Waals surface area contributed by atoms with Crippen molar-refractivity contribution in [1.82, 2.24) is 0 Å². The Labute approximate surface area is 166 Å². The van der Waals surface area contributed by atoms with Gasteiger partial charge in [-0.15, -0.1) is 0 Å². The molecule has 0 heterocycles. The molecule has 0 N–H and O–H groups in total.